The van der Waals surface area contributed by atoms with E-state index < -0.39 is 0 Å². The minimum atomic E-state index is -0.0522. The highest BCUT2D eigenvalue weighted by Crippen LogP contribution is 2.25. The number of hydrogen-bond donors (Lipinski definition) is 2. The number of pyridine rings is 1. The molecule has 2 aromatic rings. The Morgan fingerprint density at radius 2 is 2.03 bits per heavy atom. The van der Waals surface area contributed by atoms with Gasteiger partial charge in [0.05, 0.1) is 26.9 Å². The van der Waals surface area contributed by atoms with E-state index in [9.17, 15) is 4.79 Å². The largest absolute Gasteiger partial charge is 0.497 e. The van der Waals surface area contributed by atoms with Crippen LogP contribution in [0, 0.1) is 0 Å². The minimum Gasteiger partial charge on any atom is -0.497 e. The summed E-state index contributed by atoms with van der Waals surface area (Å²) in [5.74, 6) is 0.780. The highest BCUT2D eigenvalue weighted by Gasteiger charge is 2.24. The van der Waals surface area contributed by atoms with Crippen molar-refractivity contribution >= 4 is 28.2 Å². The van der Waals surface area contributed by atoms with Gasteiger partial charge in [-0.25, -0.2) is 0 Å². The molecule has 7 nitrogen and oxygen atoms in total. The fourth-order valence-corrected chi connectivity index (χ4v) is 5.16. The number of ether oxygens (including phenoxy) is 2. The van der Waals surface area contributed by atoms with Crippen LogP contribution in [0.2, 0.25) is 0 Å². The van der Waals surface area contributed by atoms with E-state index in [1.165, 1.54) is 19.3 Å². The summed E-state index contributed by atoms with van der Waals surface area (Å²) in [7, 11) is 1.65. The van der Waals surface area contributed by atoms with Crippen molar-refractivity contribution in [2.75, 3.05) is 46.5 Å². The highest BCUT2D eigenvalue weighted by molar-refractivity contribution is 7.80. The number of aromatic amines is 1. The zero-order valence-corrected chi connectivity index (χ0v) is 20.4. The molecule has 0 amide bonds. The van der Waals surface area contributed by atoms with Crippen molar-refractivity contribution in [1.82, 2.24) is 20.1 Å². The molecule has 2 aliphatic rings. The maximum atomic E-state index is 12.9. The Labute approximate surface area is 201 Å². The van der Waals surface area contributed by atoms with Gasteiger partial charge in [-0.05, 0) is 62.3 Å². The Kier molecular flexibility index (Phi) is 8.58. The first kappa shape index (κ1) is 24.0. The maximum absolute atomic E-state index is 12.9. The summed E-state index contributed by atoms with van der Waals surface area (Å²) < 4.78 is 10.8. The summed E-state index contributed by atoms with van der Waals surface area (Å²) in [6.45, 7) is 6.07. The molecule has 2 fully saturated rings. The SMILES string of the molecule is COc1ccc2[nH]c(=O)c(CN(C(=S)NCCCN3CCOCC3)C3CCCCC3)cc2c1. The molecular formula is C25H36N4O3S. The first-order chi connectivity index (χ1) is 16.1. The van der Waals surface area contributed by atoms with Gasteiger partial charge in [0, 0.05) is 42.1 Å². The van der Waals surface area contributed by atoms with Crippen LogP contribution in [0.5, 0.6) is 5.75 Å². The molecule has 1 saturated heterocycles. The summed E-state index contributed by atoms with van der Waals surface area (Å²) in [6.07, 6.45) is 6.98. The number of H-pyrrole nitrogens is 1. The summed E-state index contributed by atoms with van der Waals surface area (Å²) in [5.41, 5.74) is 1.50. The molecule has 2 heterocycles. The molecule has 0 radical (unpaired) electrons. The molecule has 1 aliphatic heterocycles. The van der Waals surface area contributed by atoms with Gasteiger partial charge in [0.2, 0.25) is 0 Å². The van der Waals surface area contributed by atoms with Crippen molar-refractivity contribution in [2.24, 2.45) is 0 Å². The molecule has 0 spiro atoms. The summed E-state index contributed by atoms with van der Waals surface area (Å²) in [6, 6.07) is 8.06. The number of nitrogens with one attached hydrogen (secondary N) is 2. The predicted octanol–water partition coefficient (Wildman–Crippen LogP) is 3.27. The van der Waals surface area contributed by atoms with Gasteiger partial charge in [0.1, 0.15) is 5.75 Å². The lowest BCUT2D eigenvalue weighted by molar-refractivity contribution is 0.0375. The molecule has 1 aromatic carbocycles. The van der Waals surface area contributed by atoms with Gasteiger partial charge in [-0.3, -0.25) is 9.69 Å². The molecule has 33 heavy (non-hydrogen) atoms. The quantitative estimate of drug-likeness (QED) is 0.451. The van der Waals surface area contributed by atoms with Gasteiger partial charge in [-0.1, -0.05) is 19.3 Å². The topological polar surface area (TPSA) is 69.8 Å². The smallest absolute Gasteiger partial charge is 0.253 e. The van der Waals surface area contributed by atoms with Crippen molar-refractivity contribution in [3.63, 3.8) is 0 Å². The van der Waals surface area contributed by atoms with Crippen LogP contribution >= 0.6 is 12.2 Å². The van der Waals surface area contributed by atoms with Crippen LogP contribution in [-0.4, -0.2) is 72.4 Å². The van der Waals surface area contributed by atoms with E-state index in [0.29, 0.717) is 12.6 Å². The number of thiocarbonyl (C=S) groups is 1. The third-order valence-corrected chi connectivity index (χ3v) is 7.16. The van der Waals surface area contributed by atoms with Crippen LogP contribution in [0.1, 0.15) is 44.1 Å². The van der Waals surface area contributed by atoms with Crippen LogP contribution in [0.25, 0.3) is 10.9 Å². The molecule has 2 N–H and O–H groups in total. The summed E-state index contributed by atoms with van der Waals surface area (Å²) >= 11 is 5.85. The molecule has 0 unspecified atom stereocenters. The van der Waals surface area contributed by atoms with Crippen LogP contribution in [-0.2, 0) is 11.3 Å². The van der Waals surface area contributed by atoms with E-state index >= 15 is 0 Å². The number of nitrogens with zero attached hydrogens (tertiary/aromatic N) is 2. The normalized spacial score (nSPS) is 17.7. The Morgan fingerprint density at radius 3 is 2.79 bits per heavy atom. The molecule has 0 atom stereocenters. The molecular weight excluding hydrogens is 436 g/mol. The van der Waals surface area contributed by atoms with E-state index in [1.807, 2.05) is 24.3 Å². The molecule has 180 valence electrons. The lowest BCUT2D eigenvalue weighted by atomic mass is 9.94. The lowest BCUT2D eigenvalue weighted by Crippen LogP contribution is -2.47. The molecule has 1 aromatic heterocycles. The standard InChI is InChI=1S/C25H36N4O3S/c1-31-22-8-9-23-19(17-22)16-20(24(30)27-23)18-29(21-6-3-2-4-7-21)25(33)26-10-5-11-28-12-14-32-15-13-28/h8-9,16-17,21H,2-7,10-15,18H2,1H3,(H,26,33)(H,27,30). The second-order valence-electron chi connectivity index (χ2n) is 9.04. The van der Waals surface area contributed by atoms with Crippen LogP contribution in [0.3, 0.4) is 0 Å². The van der Waals surface area contributed by atoms with Crippen molar-refractivity contribution < 1.29 is 9.47 Å². The average Bonchev–Trinajstić information content (AvgIpc) is 2.86. The lowest BCUT2D eigenvalue weighted by Gasteiger charge is -2.36. The first-order valence-corrected chi connectivity index (χ1v) is 12.6. The van der Waals surface area contributed by atoms with Gasteiger partial charge >= 0.3 is 0 Å². The third kappa shape index (κ3) is 6.46. The van der Waals surface area contributed by atoms with E-state index in [0.717, 1.165) is 86.0 Å². The number of rotatable bonds is 8. The van der Waals surface area contributed by atoms with Crippen LogP contribution in [0.4, 0.5) is 0 Å². The first-order valence-electron chi connectivity index (χ1n) is 12.2. The molecule has 1 saturated carbocycles. The summed E-state index contributed by atoms with van der Waals surface area (Å²) in [4.78, 5) is 20.6. The zero-order valence-electron chi connectivity index (χ0n) is 19.6. The molecule has 0 bridgehead atoms. The number of aromatic nitrogens is 1. The second-order valence-corrected chi connectivity index (χ2v) is 9.42. The fourth-order valence-electron chi connectivity index (χ4n) is 4.84. The van der Waals surface area contributed by atoms with Crippen LogP contribution in [0.15, 0.2) is 29.1 Å². The monoisotopic (exact) mass is 472 g/mol. The summed E-state index contributed by atoms with van der Waals surface area (Å²) in [5, 5.41) is 5.21. The van der Waals surface area contributed by atoms with E-state index in [-0.39, 0.29) is 5.56 Å². The van der Waals surface area contributed by atoms with Crippen molar-refractivity contribution in [3.8, 4) is 5.75 Å². The zero-order chi connectivity index (χ0) is 23.0. The Bertz CT molecular complexity index is 983. The van der Waals surface area contributed by atoms with Gasteiger partial charge in [-0.2, -0.15) is 0 Å². The minimum absolute atomic E-state index is 0.0522. The highest BCUT2D eigenvalue weighted by atomic mass is 32.1. The van der Waals surface area contributed by atoms with Gasteiger partial charge < -0.3 is 24.7 Å². The number of morpholine rings is 1. The Balaban J connectivity index is 1.44. The third-order valence-electron chi connectivity index (χ3n) is 6.78. The van der Waals surface area contributed by atoms with Crippen molar-refractivity contribution in [2.45, 2.75) is 51.1 Å². The molecule has 4 rings (SSSR count). The Hall–Kier alpha value is -2.16. The Morgan fingerprint density at radius 1 is 1.24 bits per heavy atom. The molecule has 8 heteroatoms. The fraction of sp³-hybridized carbons (Fsp3) is 0.600. The number of methoxy groups -OCH3 is 1. The van der Waals surface area contributed by atoms with Crippen molar-refractivity contribution in [3.05, 3.63) is 40.2 Å². The number of hydrogen-bond acceptors (Lipinski definition) is 5. The van der Waals surface area contributed by atoms with E-state index in [1.54, 1.807) is 7.11 Å². The van der Waals surface area contributed by atoms with Gasteiger partial charge in [0.15, 0.2) is 5.11 Å². The van der Waals surface area contributed by atoms with E-state index in [2.05, 4.69) is 20.1 Å². The van der Waals surface area contributed by atoms with Gasteiger partial charge in [0.25, 0.3) is 5.56 Å². The number of benzene rings is 1. The predicted molar refractivity (Wildman–Crippen MR) is 136 cm³/mol. The second kappa shape index (κ2) is 11.8. The molecule has 1 aliphatic carbocycles. The average molecular weight is 473 g/mol. The van der Waals surface area contributed by atoms with Crippen molar-refractivity contribution in [1.29, 1.82) is 0 Å². The van der Waals surface area contributed by atoms with Gasteiger partial charge in [-0.15, -0.1) is 0 Å². The van der Waals surface area contributed by atoms with Crippen LogP contribution < -0.4 is 15.6 Å². The maximum Gasteiger partial charge on any atom is 0.253 e. The van der Waals surface area contributed by atoms with E-state index in [4.69, 9.17) is 21.7 Å². The number of fused-ring (bicyclic) bond motifs is 1.